The molecule has 90 valence electrons. The van der Waals surface area contributed by atoms with Crippen molar-refractivity contribution >= 4 is 22.5 Å². The van der Waals surface area contributed by atoms with Gasteiger partial charge >= 0.3 is 0 Å². The van der Waals surface area contributed by atoms with E-state index in [-0.39, 0.29) is 6.04 Å². The Labute approximate surface area is 107 Å². The molecule has 0 aliphatic carbocycles. The maximum absolute atomic E-state index is 6.29. The third-order valence-electron chi connectivity index (χ3n) is 2.86. The lowest BCUT2D eigenvalue weighted by molar-refractivity contribution is 0.740. The molecular formula is C14H17ClN2. The standard InChI is InChI=1S/C14H17ClN2/c1-8-4-5-12(15)13-11(6-9(2)16)7-10(3)17-14(8)13/h4-5,7,9H,6,16H2,1-3H3. The van der Waals surface area contributed by atoms with Crippen molar-refractivity contribution in [3.8, 4) is 0 Å². The maximum Gasteiger partial charge on any atom is 0.0752 e. The van der Waals surface area contributed by atoms with Gasteiger partial charge in [0.2, 0.25) is 0 Å². The number of benzene rings is 1. The van der Waals surface area contributed by atoms with Crippen molar-refractivity contribution in [3.05, 3.63) is 40.0 Å². The van der Waals surface area contributed by atoms with E-state index in [1.165, 1.54) is 5.56 Å². The number of hydrogen-bond acceptors (Lipinski definition) is 2. The van der Waals surface area contributed by atoms with Crippen molar-refractivity contribution in [3.63, 3.8) is 0 Å². The molecule has 0 radical (unpaired) electrons. The summed E-state index contributed by atoms with van der Waals surface area (Å²) in [5.74, 6) is 0. The van der Waals surface area contributed by atoms with Crippen LogP contribution in [-0.2, 0) is 6.42 Å². The molecule has 2 aromatic rings. The third-order valence-corrected chi connectivity index (χ3v) is 3.18. The molecule has 1 aromatic heterocycles. The predicted molar refractivity (Wildman–Crippen MR) is 73.6 cm³/mol. The van der Waals surface area contributed by atoms with Gasteiger partial charge in [0, 0.05) is 17.1 Å². The maximum atomic E-state index is 6.29. The first-order valence-corrected chi connectivity index (χ1v) is 6.17. The van der Waals surface area contributed by atoms with Crippen LogP contribution in [-0.4, -0.2) is 11.0 Å². The van der Waals surface area contributed by atoms with Gasteiger partial charge in [0.25, 0.3) is 0 Å². The van der Waals surface area contributed by atoms with E-state index in [2.05, 4.69) is 18.0 Å². The summed E-state index contributed by atoms with van der Waals surface area (Å²) >= 11 is 6.29. The smallest absolute Gasteiger partial charge is 0.0752 e. The van der Waals surface area contributed by atoms with Crippen LogP contribution in [0, 0.1) is 13.8 Å². The van der Waals surface area contributed by atoms with Gasteiger partial charge < -0.3 is 5.73 Å². The zero-order chi connectivity index (χ0) is 12.6. The summed E-state index contributed by atoms with van der Waals surface area (Å²) in [5, 5.41) is 1.81. The van der Waals surface area contributed by atoms with E-state index in [0.717, 1.165) is 33.6 Å². The fourth-order valence-electron chi connectivity index (χ4n) is 2.16. The molecule has 1 unspecified atom stereocenters. The van der Waals surface area contributed by atoms with Crippen LogP contribution >= 0.6 is 11.6 Å². The Hall–Kier alpha value is -1.12. The first-order chi connectivity index (χ1) is 7.99. The Morgan fingerprint density at radius 1 is 1.35 bits per heavy atom. The van der Waals surface area contributed by atoms with E-state index >= 15 is 0 Å². The minimum atomic E-state index is 0.122. The number of nitrogens with zero attached hydrogens (tertiary/aromatic N) is 1. The van der Waals surface area contributed by atoms with E-state index in [4.69, 9.17) is 17.3 Å². The minimum Gasteiger partial charge on any atom is -0.328 e. The normalized spacial score (nSPS) is 13.0. The van der Waals surface area contributed by atoms with Gasteiger partial charge in [-0.05, 0) is 50.5 Å². The zero-order valence-electron chi connectivity index (χ0n) is 10.4. The quantitative estimate of drug-likeness (QED) is 0.885. The highest BCUT2D eigenvalue weighted by atomic mass is 35.5. The van der Waals surface area contributed by atoms with Crippen LogP contribution in [0.3, 0.4) is 0 Å². The van der Waals surface area contributed by atoms with Gasteiger partial charge in [0.05, 0.1) is 10.5 Å². The second-order valence-corrected chi connectivity index (χ2v) is 5.10. The molecule has 0 spiro atoms. The van der Waals surface area contributed by atoms with Gasteiger partial charge in [-0.25, -0.2) is 0 Å². The molecule has 1 aromatic carbocycles. The highest BCUT2D eigenvalue weighted by Crippen LogP contribution is 2.29. The Bertz CT molecular complexity index is 562. The van der Waals surface area contributed by atoms with E-state index in [0.29, 0.717) is 0 Å². The molecule has 2 N–H and O–H groups in total. The van der Waals surface area contributed by atoms with Crippen LogP contribution in [0.2, 0.25) is 5.02 Å². The number of fused-ring (bicyclic) bond motifs is 1. The van der Waals surface area contributed by atoms with Gasteiger partial charge in [-0.1, -0.05) is 17.7 Å². The topological polar surface area (TPSA) is 38.9 Å². The van der Waals surface area contributed by atoms with Crippen molar-refractivity contribution in [2.24, 2.45) is 5.73 Å². The summed E-state index contributed by atoms with van der Waals surface area (Å²) in [7, 11) is 0. The number of halogens is 1. The minimum absolute atomic E-state index is 0.122. The largest absolute Gasteiger partial charge is 0.328 e. The van der Waals surface area contributed by atoms with Crippen molar-refractivity contribution in [1.29, 1.82) is 0 Å². The van der Waals surface area contributed by atoms with Crippen molar-refractivity contribution < 1.29 is 0 Å². The molecule has 0 aliphatic heterocycles. The highest BCUT2D eigenvalue weighted by Gasteiger charge is 2.11. The van der Waals surface area contributed by atoms with Crippen LogP contribution in [0.5, 0.6) is 0 Å². The first-order valence-electron chi connectivity index (χ1n) is 5.80. The Kier molecular flexibility index (Phi) is 3.36. The van der Waals surface area contributed by atoms with Gasteiger partial charge in [-0.2, -0.15) is 0 Å². The summed E-state index contributed by atoms with van der Waals surface area (Å²) in [6, 6.07) is 6.14. The van der Waals surface area contributed by atoms with Crippen molar-refractivity contribution in [2.75, 3.05) is 0 Å². The SMILES string of the molecule is Cc1cc(CC(C)N)c2c(Cl)ccc(C)c2n1. The van der Waals surface area contributed by atoms with Gasteiger partial charge in [-0.15, -0.1) is 0 Å². The average Bonchev–Trinajstić information content (AvgIpc) is 2.22. The van der Waals surface area contributed by atoms with E-state index < -0.39 is 0 Å². The molecule has 0 saturated carbocycles. The molecule has 2 nitrogen and oxygen atoms in total. The lowest BCUT2D eigenvalue weighted by atomic mass is 10.00. The molecule has 1 atom stereocenters. The molecule has 0 bridgehead atoms. The molecule has 17 heavy (non-hydrogen) atoms. The Morgan fingerprint density at radius 2 is 2.06 bits per heavy atom. The van der Waals surface area contributed by atoms with Crippen LogP contribution in [0.4, 0.5) is 0 Å². The second-order valence-electron chi connectivity index (χ2n) is 4.69. The zero-order valence-corrected chi connectivity index (χ0v) is 11.2. The molecule has 0 amide bonds. The first kappa shape index (κ1) is 12.3. The van der Waals surface area contributed by atoms with Crippen LogP contribution < -0.4 is 5.73 Å². The van der Waals surface area contributed by atoms with E-state index in [1.54, 1.807) is 0 Å². The molecule has 1 heterocycles. The lowest BCUT2D eigenvalue weighted by Gasteiger charge is -2.12. The van der Waals surface area contributed by atoms with E-state index in [1.807, 2.05) is 26.0 Å². The average molecular weight is 249 g/mol. The molecule has 0 aliphatic rings. The Balaban J connectivity index is 2.77. The summed E-state index contributed by atoms with van der Waals surface area (Å²) < 4.78 is 0. The predicted octanol–water partition coefficient (Wildman–Crippen LogP) is 3.39. The van der Waals surface area contributed by atoms with Crippen molar-refractivity contribution in [1.82, 2.24) is 4.98 Å². The third kappa shape index (κ3) is 2.43. The molecule has 0 saturated heterocycles. The number of nitrogens with two attached hydrogens (primary N) is 1. The van der Waals surface area contributed by atoms with Crippen molar-refractivity contribution in [2.45, 2.75) is 33.2 Å². The summed E-state index contributed by atoms with van der Waals surface area (Å²) in [6.45, 7) is 6.07. The Morgan fingerprint density at radius 3 is 2.71 bits per heavy atom. The number of rotatable bonds is 2. The van der Waals surface area contributed by atoms with Crippen LogP contribution in [0.25, 0.3) is 10.9 Å². The number of aryl methyl sites for hydroxylation is 2. The fourth-order valence-corrected chi connectivity index (χ4v) is 2.43. The summed E-state index contributed by atoms with van der Waals surface area (Å²) in [4.78, 5) is 4.58. The highest BCUT2D eigenvalue weighted by molar-refractivity contribution is 6.35. The van der Waals surface area contributed by atoms with Crippen LogP contribution in [0.15, 0.2) is 18.2 Å². The molecule has 0 fully saturated rings. The summed E-state index contributed by atoms with van der Waals surface area (Å²) in [6.07, 6.45) is 0.822. The number of pyridine rings is 1. The second kappa shape index (κ2) is 4.63. The van der Waals surface area contributed by atoms with E-state index in [9.17, 15) is 0 Å². The molecule has 2 rings (SSSR count). The monoisotopic (exact) mass is 248 g/mol. The number of aromatic nitrogens is 1. The van der Waals surface area contributed by atoms with Gasteiger partial charge in [0.1, 0.15) is 0 Å². The fraction of sp³-hybridized carbons (Fsp3) is 0.357. The summed E-state index contributed by atoms with van der Waals surface area (Å²) in [5.41, 5.74) is 10.2. The molecule has 3 heteroatoms. The number of hydrogen-bond donors (Lipinski definition) is 1. The molecular weight excluding hydrogens is 232 g/mol. The van der Waals surface area contributed by atoms with Gasteiger partial charge in [0.15, 0.2) is 0 Å². The lowest BCUT2D eigenvalue weighted by Crippen LogP contribution is -2.18. The van der Waals surface area contributed by atoms with Gasteiger partial charge in [-0.3, -0.25) is 4.98 Å². The van der Waals surface area contributed by atoms with Crippen LogP contribution in [0.1, 0.15) is 23.7 Å².